The van der Waals surface area contributed by atoms with Crippen LogP contribution in [0.4, 0.5) is 0 Å². The lowest BCUT2D eigenvalue weighted by Gasteiger charge is -2.41. The first-order valence-corrected chi connectivity index (χ1v) is 12.4. The van der Waals surface area contributed by atoms with Gasteiger partial charge in [-0.3, -0.25) is 9.59 Å². The molecule has 0 aromatic heterocycles. The molecule has 2 heterocycles. The molecule has 2 aromatic rings. The molecule has 0 radical (unpaired) electrons. The van der Waals surface area contributed by atoms with Crippen LogP contribution in [0.1, 0.15) is 37.4 Å². The van der Waals surface area contributed by atoms with E-state index in [1.807, 2.05) is 0 Å². The van der Waals surface area contributed by atoms with Crippen LogP contribution in [0.15, 0.2) is 30.3 Å². The minimum Gasteiger partial charge on any atom is -0.507 e. The molecule has 8 N–H and O–H groups in total. The van der Waals surface area contributed by atoms with Crippen molar-refractivity contribution in [1.29, 1.82) is 0 Å². The van der Waals surface area contributed by atoms with E-state index >= 15 is 0 Å². The van der Waals surface area contributed by atoms with E-state index in [4.69, 9.17) is 18.9 Å². The lowest BCUT2D eigenvalue weighted by Crippen LogP contribution is -2.60. The van der Waals surface area contributed by atoms with Gasteiger partial charge in [-0.25, -0.2) is 0 Å². The average Bonchev–Trinajstić information content (AvgIpc) is 2.94. The number of phenolic OH excluding ortho intramolecular Hbond substituents is 2. The molecule has 0 spiro atoms. The first-order chi connectivity index (χ1) is 19.0. The molecule has 9 atom stereocenters. The Hall–Kier alpha value is -3.02. The quantitative estimate of drug-likeness (QED) is 0.157. The van der Waals surface area contributed by atoms with E-state index in [9.17, 15) is 50.4 Å². The zero-order valence-corrected chi connectivity index (χ0v) is 20.7. The Labute approximate surface area is 226 Å². The van der Waals surface area contributed by atoms with E-state index in [2.05, 4.69) is 0 Å². The van der Waals surface area contributed by atoms with Crippen LogP contribution in [0.25, 0.3) is 0 Å². The Morgan fingerprint density at radius 3 is 2.12 bits per heavy atom. The molecule has 9 unspecified atom stereocenters. The van der Waals surface area contributed by atoms with E-state index in [0.717, 1.165) is 6.07 Å². The summed E-state index contributed by atoms with van der Waals surface area (Å²) in [6, 6.07) is 7.05. The van der Waals surface area contributed by atoms with Crippen molar-refractivity contribution in [3.05, 3.63) is 58.1 Å². The lowest BCUT2D eigenvalue weighted by molar-refractivity contribution is -0.322. The fraction of sp³-hybridized carbons (Fsp3) is 0.462. The number of ether oxygens (including phenoxy) is 4. The number of carbonyl (C=O) groups is 2. The molecule has 1 aliphatic carbocycles. The summed E-state index contributed by atoms with van der Waals surface area (Å²) in [5.41, 5.74) is -0.621. The van der Waals surface area contributed by atoms with Crippen molar-refractivity contribution in [3.8, 4) is 11.5 Å². The number of ketones is 2. The fourth-order valence-electron chi connectivity index (χ4n) is 4.88. The van der Waals surface area contributed by atoms with Crippen molar-refractivity contribution in [1.82, 2.24) is 0 Å². The van der Waals surface area contributed by atoms with Gasteiger partial charge in [0.05, 0.1) is 30.9 Å². The number of hydrogen-bond donors (Lipinski definition) is 8. The number of fused-ring (bicyclic) bond motifs is 2. The van der Waals surface area contributed by atoms with Crippen molar-refractivity contribution in [2.75, 3.05) is 13.2 Å². The monoisotopic (exact) mass is 564 g/mol. The molecule has 0 saturated carbocycles. The Bertz CT molecular complexity index is 1300. The highest BCUT2D eigenvalue weighted by Crippen LogP contribution is 2.40. The molecule has 2 fully saturated rings. The predicted octanol–water partition coefficient (Wildman–Crippen LogP) is -2.35. The first-order valence-electron chi connectivity index (χ1n) is 12.4. The predicted molar refractivity (Wildman–Crippen MR) is 128 cm³/mol. The van der Waals surface area contributed by atoms with Gasteiger partial charge in [0.15, 0.2) is 24.1 Å². The van der Waals surface area contributed by atoms with Crippen LogP contribution in [0.2, 0.25) is 0 Å². The molecule has 14 heteroatoms. The van der Waals surface area contributed by atoms with E-state index in [-0.39, 0.29) is 34.4 Å². The van der Waals surface area contributed by atoms with E-state index in [0.29, 0.717) is 0 Å². The second kappa shape index (κ2) is 11.1. The molecule has 0 amide bonds. The van der Waals surface area contributed by atoms with Gasteiger partial charge in [0.25, 0.3) is 0 Å². The first kappa shape index (κ1) is 28.5. The number of rotatable bonds is 6. The molecule has 14 nitrogen and oxygen atoms in total. The molecular formula is C26H28O14. The average molecular weight is 564 g/mol. The molecular weight excluding hydrogens is 536 g/mol. The highest BCUT2D eigenvalue weighted by molar-refractivity contribution is 6.29. The fourth-order valence-corrected chi connectivity index (χ4v) is 4.88. The number of phenols is 2. The summed E-state index contributed by atoms with van der Waals surface area (Å²) in [4.78, 5) is 25.9. The summed E-state index contributed by atoms with van der Waals surface area (Å²) >= 11 is 0. The Kier molecular flexibility index (Phi) is 7.91. The van der Waals surface area contributed by atoms with Gasteiger partial charge in [0, 0.05) is 16.7 Å². The van der Waals surface area contributed by atoms with Gasteiger partial charge in [-0.1, -0.05) is 24.3 Å². The second-order valence-corrected chi connectivity index (χ2v) is 9.76. The standard InChI is InChI=1S/C26H28O14/c27-13-5-11-16(18(30)10-4-2-1-3-9(10)17(11)29)19(31)12(13)6-37-26-24(36)22(34)21(33)15(40-26)8-39-25-23(35)20(32)14(28)7-38-25/h1-5,14-15,20-28,31-36H,6-8H2. The van der Waals surface area contributed by atoms with Crippen LogP contribution >= 0.6 is 0 Å². The smallest absolute Gasteiger partial charge is 0.198 e. The third kappa shape index (κ3) is 4.88. The number of aromatic hydroxyl groups is 2. The normalized spacial score (nSPS) is 33.9. The van der Waals surface area contributed by atoms with Crippen LogP contribution in [0.3, 0.4) is 0 Å². The largest absolute Gasteiger partial charge is 0.507 e. The summed E-state index contributed by atoms with van der Waals surface area (Å²) in [5.74, 6) is -2.49. The summed E-state index contributed by atoms with van der Waals surface area (Å²) < 4.78 is 21.5. The van der Waals surface area contributed by atoms with Crippen LogP contribution < -0.4 is 0 Å². The maximum Gasteiger partial charge on any atom is 0.198 e. The van der Waals surface area contributed by atoms with Crippen LogP contribution in [-0.4, -0.2) is 121 Å². The zero-order chi connectivity index (χ0) is 28.9. The number of hydrogen-bond acceptors (Lipinski definition) is 14. The molecule has 5 rings (SSSR count). The number of benzene rings is 2. The van der Waals surface area contributed by atoms with Crippen molar-refractivity contribution in [2.45, 2.75) is 61.9 Å². The molecule has 2 aromatic carbocycles. The second-order valence-electron chi connectivity index (χ2n) is 9.76. The lowest BCUT2D eigenvalue weighted by atomic mass is 9.82. The Morgan fingerprint density at radius 1 is 0.775 bits per heavy atom. The number of carbonyl (C=O) groups excluding carboxylic acids is 2. The van der Waals surface area contributed by atoms with Crippen LogP contribution in [0.5, 0.6) is 11.5 Å². The number of aliphatic hydroxyl groups is 6. The minimum absolute atomic E-state index is 0.0768. The van der Waals surface area contributed by atoms with E-state index in [1.54, 1.807) is 12.1 Å². The van der Waals surface area contributed by atoms with Gasteiger partial charge in [-0.05, 0) is 6.07 Å². The SMILES string of the molecule is O=C1c2ccccc2C(=O)c2c1cc(O)c(COC1OC(COC3OCC(O)C(O)C3O)C(O)C(O)C1O)c2O. The molecule has 3 aliphatic rings. The summed E-state index contributed by atoms with van der Waals surface area (Å²) in [6.45, 7) is -1.50. The van der Waals surface area contributed by atoms with E-state index in [1.165, 1.54) is 12.1 Å². The van der Waals surface area contributed by atoms with Gasteiger partial charge in [0.1, 0.15) is 54.2 Å². The van der Waals surface area contributed by atoms with Crippen molar-refractivity contribution in [3.63, 3.8) is 0 Å². The Balaban J connectivity index is 1.30. The third-order valence-corrected chi connectivity index (χ3v) is 7.21. The molecule has 40 heavy (non-hydrogen) atoms. The van der Waals surface area contributed by atoms with Crippen molar-refractivity contribution in [2.24, 2.45) is 0 Å². The van der Waals surface area contributed by atoms with Crippen molar-refractivity contribution >= 4 is 11.6 Å². The van der Waals surface area contributed by atoms with Gasteiger partial charge >= 0.3 is 0 Å². The highest BCUT2D eigenvalue weighted by atomic mass is 16.7. The number of aliphatic hydroxyl groups excluding tert-OH is 6. The zero-order valence-electron chi connectivity index (χ0n) is 20.7. The van der Waals surface area contributed by atoms with E-state index < -0.39 is 91.6 Å². The van der Waals surface area contributed by atoms with Gasteiger partial charge in [0.2, 0.25) is 0 Å². The Morgan fingerprint density at radius 2 is 1.43 bits per heavy atom. The molecule has 216 valence electrons. The van der Waals surface area contributed by atoms with Gasteiger partial charge < -0.3 is 59.8 Å². The summed E-state index contributed by atoms with van der Waals surface area (Å²) in [5, 5.41) is 81.8. The highest BCUT2D eigenvalue weighted by Gasteiger charge is 2.46. The minimum atomic E-state index is -1.79. The summed E-state index contributed by atoms with van der Waals surface area (Å²) in [7, 11) is 0. The van der Waals surface area contributed by atoms with Gasteiger partial charge in [-0.2, -0.15) is 0 Å². The van der Waals surface area contributed by atoms with Crippen LogP contribution in [0, 0.1) is 0 Å². The molecule has 0 bridgehead atoms. The van der Waals surface area contributed by atoms with Crippen molar-refractivity contribution < 1.29 is 69.4 Å². The maximum absolute atomic E-state index is 13.1. The third-order valence-electron chi connectivity index (χ3n) is 7.21. The van der Waals surface area contributed by atoms with Gasteiger partial charge in [-0.15, -0.1) is 0 Å². The molecule has 2 saturated heterocycles. The summed E-state index contributed by atoms with van der Waals surface area (Å²) in [6.07, 6.45) is -14.1. The topological polar surface area (TPSA) is 233 Å². The maximum atomic E-state index is 13.1. The molecule has 2 aliphatic heterocycles. The van der Waals surface area contributed by atoms with Crippen LogP contribution in [-0.2, 0) is 25.6 Å².